The van der Waals surface area contributed by atoms with E-state index in [9.17, 15) is 4.79 Å². The van der Waals surface area contributed by atoms with Gasteiger partial charge in [0, 0.05) is 31.2 Å². The first kappa shape index (κ1) is 13.9. The Morgan fingerprint density at radius 1 is 1.45 bits per heavy atom. The third-order valence-electron chi connectivity index (χ3n) is 3.02. The van der Waals surface area contributed by atoms with Gasteiger partial charge in [-0.2, -0.15) is 0 Å². The Hall–Kier alpha value is -2.50. The topological polar surface area (TPSA) is 68.2 Å². The summed E-state index contributed by atoms with van der Waals surface area (Å²) in [6, 6.07) is 5.26. The van der Waals surface area contributed by atoms with Crippen LogP contribution in [0.25, 0.3) is 0 Å². The van der Waals surface area contributed by atoms with E-state index in [-0.39, 0.29) is 6.03 Å². The molecule has 2 aromatic rings. The van der Waals surface area contributed by atoms with Crippen LogP contribution in [0.3, 0.4) is 0 Å². The number of imidazole rings is 1. The Kier molecular flexibility index (Phi) is 4.24. The van der Waals surface area contributed by atoms with Crippen molar-refractivity contribution in [2.24, 2.45) is 7.05 Å². The molecule has 1 aromatic heterocycles. The number of nitrogens with zero attached hydrogens (tertiary/aromatic N) is 2. The molecule has 2 rings (SSSR count). The Balaban J connectivity index is 1.96. The maximum Gasteiger partial charge on any atom is 0.319 e. The van der Waals surface area contributed by atoms with E-state index in [0.29, 0.717) is 12.3 Å². The highest BCUT2D eigenvalue weighted by Crippen LogP contribution is 2.21. The lowest BCUT2D eigenvalue weighted by molar-refractivity contribution is 0.251. The minimum atomic E-state index is -0.274. The van der Waals surface area contributed by atoms with Gasteiger partial charge in [0.05, 0.1) is 13.7 Å². The highest BCUT2D eigenvalue weighted by molar-refractivity contribution is 5.90. The molecule has 0 aliphatic heterocycles. The predicted octanol–water partition coefficient (Wildman–Crippen LogP) is 2.06. The molecule has 0 saturated heterocycles. The zero-order valence-corrected chi connectivity index (χ0v) is 11.8. The number of amides is 2. The summed E-state index contributed by atoms with van der Waals surface area (Å²) >= 11 is 0. The quantitative estimate of drug-likeness (QED) is 0.896. The van der Waals surface area contributed by atoms with E-state index in [2.05, 4.69) is 15.6 Å². The predicted molar refractivity (Wildman–Crippen MR) is 76.8 cm³/mol. The summed E-state index contributed by atoms with van der Waals surface area (Å²) in [4.78, 5) is 16.0. The normalized spacial score (nSPS) is 10.2. The Morgan fingerprint density at radius 3 is 2.90 bits per heavy atom. The molecule has 0 saturated carbocycles. The first-order valence-corrected chi connectivity index (χ1v) is 6.26. The fourth-order valence-corrected chi connectivity index (χ4v) is 1.76. The summed E-state index contributed by atoms with van der Waals surface area (Å²) in [6.07, 6.45) is 3.53. The number of benzene rings is 1. The first-order chi connectivity index (χ1) is 9.60. The molecule has 0 aliphatic rings. The van der Waals surface area contributed by atoms with Crippen LogP contribution in [0, 0.1) is 6.92 Å². The van der Waals surface area contributed by atoms with Gasteiger partial charge in [0.15, 0.2) is 0 Å². The molecule has 0 radical (unpaired) electrons. The minimum absolute atomic E-state index is 0.274. The van der Waals surface area contributed by atoms with Crippen LogP contribution in [0.15, 0.2) is 30.6 Å². The van der Waals surface area contributed by atoms with E-state index in [4.69, 9.17) is 4.74 Å². The van der Waals surface area contributed by atoms with E-state index in [1.807, 2.05) is 36.9 Å². The fraction of sp³-hybridized carbons (Fsp3) is 0.286. The number of aryl methyl sites for hydroxylation is 2. The van der Waals surface area contributed by atoms with Crippen LogP contribution in [0.2, 0.25) is 0 Å². The van der Waals surface area contributed by atoms with Crippen molar-refractivity contribution >= 4 is 11.7 Å². The molecule has 0 spiro atoms. The van der Waals surface area contributed by atoms with Gasteiger partial charge in [0.25, 0.3) is 0 Å². The molecule has 6 nitrogen and oxygen atoms in total. The molecular formula is C14H18N4O2. The number of hydrogen-bond acceptors (Lipinski definition) is 3. The molecule has 0 bridgehead atoms. The van der Waals surface area contributed by atoms with Gasteiger partial charge in [-0.25, -0.2) is 9.78 Å². The number of methoxy groups -OCH3 is 1. The van der Waals surface area contributed by atoms with Crippen LogP contribution in [0.5, 0.6) is 5.75 Å². The molecule has 1 aromatic carbocycles. The van der Waals surface area contributed by atoms with Gasteiger partial charge in [-0.3, -0.25) is 0 Å². The fourth-order valence-electron chi connectivity index (χ4n) is 1.76. The highest BCUT2D eigenvalue weighted by Gasteiger charge is 2.07. The molecule has 106 valence electrons. The third kappa shape index (κ3) is 3.28. The second-order valence-electron chi connectivity index (χ2n) is 4.44. The largest absolute Gasteiger partial charge is 0.497 e. The number of nitrogens with one attached hydrogen (secondary N) is 2. The van der Waals surface area contributed by atoms with Crippen LogP contribution >= 0.6 is 0 Å². The van der Waals surface area contributed by atoms with Crippen LogP contribution in [-0.4, -0.2) is 22.7 Å². The minimum Gasteiger partial charge on any atom is -0.497 e. The van der Waals surface area contributed by atoms with E-state index in [1.54, 1.807) is 19.4 Å². The van der Waals surface area contributed by atoms with Crippen LogP contribution in [0.1, 0.15) is 11.4 Å². The molecule has 0 atom stereocenters. The Bertz CT molecular complexity index is 607. The van der Waals surface area contributed by atoms with Crippen molar-refractivity contribution in [3.8, 4) is 5.75 Å². The monoisotopic (exact) mass is 274 g/mol. The van der Waals surface area contributed by atoms with Crippen molar-refractivity contribution in [2.45, 2.75) is 13.5 Å². The van der Waals surface area contributed by atoms with E-state index < -0.39 is 0 Å². The van der Waals surface area contributed by atoms with E-state index in [0.717, 1.165) is 17.1 Å². The zero-order valence-electron chi connectivity index (χ0n) is 11.8. The summed E-state index contributed by atoms with van der Waals surface area (Å²) in [5.41, 5.74) is 1.69. The van der Waals surface area contributed by atoms with Crippen LogP contribution in [0.4, 0.5) is 10.5 Å². The summed E-state index contributed by atoms with van der Waals surface area (Å²) in [6.45, 7) is 2.30. The third-order valence-corrected chi connectivity index (χ3v) is 3.02. The van der Waals surface area contributed by atoms with E-state index >= 15 is 0 Å². The first-order valence-electron chi connectivity index (χ1n) is 6.26. The van der Waals surface area contributed by atoms with Gasteiger partial charge in [0.2, 0.25) is 0 Å². The molecule has 0 aliphatic carbocycles. The SMILES string of the molecule is COc1ccc(C)c(NC(=O)NCc2nccn2C)c1. The van der Waals surface area contributed by atoms with Crippen molar-refractivity contribution in [1.82, 2.24) is 14.9 Å². The summed E-state index contributed by atoms with van der Waals surface area (Å²) in [5, 5.41) is 5.56. The van der Waals surface area contributed by atoms with Crippen molar-refractivity contribution < 1.29 is 9.53 Å². The van der Waals surface area contributed by atoms with E-state index in [1.165, 1.54) is 0 Å². The van der Waals surface area contributed by atoms with Gasteiger partial charge in [-0.1, -0.05) is 6.07 Å². The van der Waals surface area contributed by atoms with Gasteiger partial charge >= 0.3 is 6.03 Å². The number of aromatic nitrogens is 2. The maximum absolute atomic E-state index is 11.9. The van der Waals surface area contributed by atoms with Gasteiger partial charge in [-0.05, 0) is 18.6 Å². The number of rotatable bonds is 4. The second kappa shape index (κ2) is 6.10. The standard InChI is InChI=1S/C14H18N4O2/c1-10-4-5-11(20-3)8-12(10)17-14(19)16-9-13-15-6-7-18(13)2/h4-8H,9H2,1-3H3,(H2,16,17,19). The molecule has 2 N–H and O–H groups in total. The molecule has 1 heterocycles. The number of ether oxygens (including phenoxy) is 1. The summed E-state index contributed by atoms with van der Waals surface area (Å²) in [5.74, 6) is 1.50. The summed E-state index contributed by atoms with van der Waals surface area (Å²) < 4.78 is 7.00. The zero-order chi connectivity index (χ0) is 14.5. The van der Waals surface area contributed by atoms with Gasteiger partial charge in [0.1, 0.15) is 11.6 Å². The number of urea groups is 1. The molecule has 0 fully saturated rings. The van der Waals surface area contributed by atoms with Crippen molar-refractivity contribution in [3.05, 3.63) is 42.0 Å². The van der Waals surface area contributed by atoms with Crippen LogP contribution < -0.4 is 15.4 Å². The van der Waals surface area contributed by atoms with Gasteiger partial charge in [-0.15, -0.1) is 0 Å². The van der Waals surface area contributed by atoms with Crippen molar-refractivity contribution in [2.75, 3.05) is 12.4 Å². The second-order valence-corrected chi connectivity index (χ2v) is 4.44. The maximum atomic E-state index is 11.9. The Labute approximate surface area is 117 Å². The molecular weight excluding hydrogens is 256 g/mol. The number of anilines is 1. The van der Waals surface area contributed by atoms with Gasteiger partial charge < -0.3 is 19.9 Å². The van der Waals surface area contributed by atoms with Crippen molar-refractivity contribution in [3.63, 3.8) is 0 Å². The number of hydrogen-bond donors (Lipinski definition) is 2. The lowest BCUT2D eigenvalue weighted by atomic mass is 10.2. The molecule has 6 heteroatoms. The lowest BCUT2D eigenvalue weighted by Gasteiger charge is -2.11. The smallest absolute Gasteiger partial charge is 0.319 e. The number of carbonyl (C=O) groups is 1. The van der Waals surface area contributed by atoms with Crippen molar-refractivity contribution in [1.29, 1.82) is 0 Å². The highest BCUT2D eigenvalue weighted by atomic mass is 16.5. The average Bonchev–Trinajstić information content (AvgIpc) is 2.84. The average molecular weight is 274 g/mol. The summed E-state index contributed by atoms with van der Waals surface area (Å²) in [7, 11) is 3.48. The molecule has 20 heavy (non-hydrogen) atoms. The van der Waals surface area contributed by atoms with Crippen LogP contribution in [-0.2, 0) is 13.6 Å². The number of carbonyl (C=O) groups excluding carboxylic acids is 1. The molecule has 0 unspecified atom stereocenters. The lowest BCUT2D eigenvalue weighted by Crippen LogP contribution is -2.29. The molecule has 2 amide bonds. The Morgan fingerprint density at radius 2 is 2.25 bits per heavy atom.